The molecule has 8 heteroatoms. The third-order valence-electron chi connectivity index (χ3n) is 6.28. The third-order valence-corrected chi connectivity index (χ3v) is 7.61. The Balaban J connectivity index is 1.78. The Morgan fingerprint density at radius 3 is 2.79 bits per heavy atom. The number of fused-ring (bicyclic) bond motifs is 4. The van der Waals surface area contributed by atoms with Gasteiger partial charge in [-0.05, 0) is 60.3 Å². The molecule has 2 heterocycles. The fourth-order valence-corrected chi connectivity index (χ4v) is 5.58. The van der Waals surface area contributed by atoms with Crippen LogP contribution in [0.2, 0.25) is 0 Å². The number of rotatable bonds is 3. The van der Waals surface area contributed by atoms with Crippen molar-refractivity contribution < 1.29 is 13.2 Å². The summed E-state index contributed by atoms with van der Waals surface area (Å²) in [5, 5.41) is 3.53. The lowest BCUT2D eigenvalue weighted by molar-refractivity contribution is 0.235. The van der Waals surface area contributed by atoms with E-state index in [0.717, 1.165) is 36.8 Å². The topological polar surface area (TPSA) is 93.2 Å². The zero-order chi connectivity index (χ0) is 23.6. The van der Waals surface area contributed by atoms with E-state index >= 15 is 0 Å². The molecular formula is C25H34N4O3S. The first-order valence-electron chi connectivity index (χ1n) is 11.7. The van der Waals surface area contributed by atoms with Crippen molar-refractivity contribution in [3.8, 4) is 5.88 Å². The standard InChI is InChI=1S/C25H34N4O3S/c1-17(2)12-19-16-32-23-14-22(21-10-5-6-11-25(21,3)4)27-24(28-23)29-33(30,31)20-9-7-8-18(13-20)15-26-19/h7-10,13-14,17,19,26H,5-6,11-12,15-16H2,1-4H3,(H,27,28,29)/t19-/m1/s1. The molecule has 0 fully saturated rings. The number of nitrogens with one attached hydrogen (secondary N) is 2. The minimum absolute atomic E-state index is 0.0304. The molecule has 33 heavy (non-hydrogen) atoms. The molecule has 1 aromatic carbocycles. The van der Waals surface area contributed by atoms with Crippen molar-refractivity contribution in [2.75, 3.05) is 11.3 Å². The van der Waals surface area contributed by atoms with Crippen LogP contribution < -0.4 is 14.8 Å². The molecule has 2 aliphatic rings. The Kier molecular flexibility index (Phi) is 6.77. The monoisotopic (exact) mass is 470 g/mol. The third kappa shape index (κ3) is 5.73. The molecular weight excluding hydrogens is 436 g/mol. The van der Waals surface area contributed by atoms with E-state index in [9.17, 15) is 8.42 Å². The van der Waals surface area contributed by atoms with Crippen LogP contribution in [0.4, 0.5) is 5.95 Å². The minimum Gasteiger partial charge on any atom is -0.476 e. The lowest BCUT2D eigenvalue weighted by atomic mass is 9.74. The average molecular weight is 471 g/mol. The summed E-state index contributed by atoms with van der Waals surface area (Å²) < 4.78 is 35.0. The molecule has 4 bridgehead atoms. The molecule has 4 rings (SSSR count). The van der Waals surface area contributed by atoms with Gasteiger partial charge in [0.15, 0.2) is 0 Å². The van der Waals surface area contributed by atoms with E-state index in [0.29, 0.717) is 30.6 Å². The van der Waals surface area contributed by atoms with Crippen LogP contribution in [0.25, 0.3) is 5.57 Å². The van der Waals surface area contributed by atoms with Crippen LogP contribution in [0.3, 0.4) is 0 Å². The number of aromatic nitrogens is 2. The smallest absolute Gasteiger partial charge is 0.264 e. The zero-order valence-electron chi connectivity index (χ0n) is 19.9. The van der Waals surface area contributed by atoms with E-state index in [4.69, 9.17) is 4.74 Å². The van der Waals surface area contributed by atoms with Gasteiger partial charge in [-0.1, -0.05) is 45.9 Å². The largest absolute Gasteiger partial charge is 0.476 e. The van der Waals surface area contributed by atoms with Gasteiger partial charge in [0.25, 0.3) is 10.0 Å². The quantitative estimate of drug-likeness (QED) is 0.671. The maximum Gasteiger partial charge on any atom is 0.264 e. The zero-order valence-corrected chi connectivity index (χ0v) is 20.7. The molecule has 7 nitrogen and oxygen atoms in total. The highest BCUT2D eigenvalue weighted by Gasteiger charge is 2.29. The van der Waals surface area contributed by atoms with Gasteiger partial charge in [0.1, 0.15) is 6.61 Å². The van der Waals surface area contributed by atoms with E-state index in [1.165, 1.54) is 0 Å². The van der Waals surface area contributed by atoms with E-state index in [2.05, 4.69) is 53.8 Å². The number of nitrogens with zero attached hydrogens (tertiary/aromatic N) is 2. The van der Waals surface area contributed by atoms with Crippen LogP contribution in [-0.2, 0) is 16.6 Å². The summed E-state index contributed by atoms with van der Waals surface area (Å²) in [6.07, 6.45) is 6.29. The minimum atomic E-state index is -3.85. The van der Waals surface area contributed by atoms with Crippen LogP contribution in [-0.4, -0.2) is 31.0 Å². The fraction of sp³-hybridized carbons (Fsp3) is 0.520. The highest BCUT2D eigenvalue weighted by atomic mass is 32.2. The van der Waals surface area contributed by atoms with Crippen molar-refractivity contribution in [3.05, 3.63) is 47.7 Å². The Hall–Kier alpha value is -2.45. The lowest BCUT2D eigenvalue weighted by Gasteiger charge is -2.31. The number of hydrogen-bond donors (Lipinski definition) is 2. The molecule has 0 amide bonds. The fourth-order valence-electron chi connectivity index (χ4n) is 4.56. The number of hydrogen-bond acceptors (Lipinski definition) is 6. The maximum atomic E-state index is 13.1. The summed E-state index contributed by atoms with van der Waals surface area (Å²) in [4.78, 5) is 9.21. The highest BCUT2D eigenvalue weighted by Crippen LogP contribution is 2.42. The van der Waals surface area contributed by atoms with Crippen LogP contribution in [0.5, 0.6) is 5.88 Å². The van der Waals surface area contributed by atoms with Gasteiger partial charge >= 0.3 is 0 Å². The van der Waals surface area contributed by atoms with Crippen molar-refractivity contribution in [1.82, 2.24) is 15.3 Å². The van der Waals surface area contributed by atoms with Crippen molar-refractivity contribution in [3.63, 3.8) is 0 Å². The average Bonchev–Trinajstić information content (AvgIpc) is 2.74. The van der Waals surface area contributed by atoms with E-state index in [-0.39, 0.29) is 22.3 Å². The molecule has 1 atom stereocenters. The molecule has 178 valence electrons. The number of benzene rings is 1. The summed E-state index contributed by atoms with van der Waals surface area (Å²) in [5.74, 6) is 0.893. The molecule has 1 aliphatic carbocycles. The second-order valence-electron chi connectivity index (χ2n) is 10.1. The van der Waals surface area contributed by atoms with Crippen LogP contribution in [0.1, 0.15) is 64.6 Å². The van der Waals surface area contributed by atoms with Gasteiger partial charge in [-0.3, -0.25) is 0 Å². The first-order chi connectivity index (χ1) is 15.6. The van der Waals surface area contributed by atoms with Crippen LogP contribution >= 0.6 is 0 Å². The summed E-state index contributed by atoms with van der Waals surface area (Å²) >= 11 is 0. The first kappa shape index (κ1) is 23.7. The molecule has 0 spiro atoms. The van der Waals surface area contributed by atoms with Gasteiger partial charge in [-0.25, -0.2) is 18.1 Å². The molecule has 0 saturated carbocycles. The molecule has 1 aliphatic heterocycles. The normalized spacial score (nSPS) is 22.1. The SMILES string of the molecule is CC(C)C[C@@H]1COc2cc(C3=CCCCC3(C)C)nc(n2)NS(=O)(=O)c2cccc(c2)CN1. The van der Waals surface area contributed by atoms with Gasteiger partial charge in [-0.15, -0.1) is 0 Å². The van der Waals surface area contributed by atoms with Crippen molar-refractivity contribution >= 4 is 21.5 Å². The second-order valence-corrected chi connectivity index (χ2v) is 11.8. The Labute approximate surface area is 197 Å². The van der Waals surface area contributed by atoms with Crippen molar-refractivity contribution in [1.29, 1.82) is 0 Å². The molecule has 2 N–H and O–H groups in total. The van der Waals surface area contributed by atoms with Gasteiger partial charge in [-0.2, -0.15) is 4.98 Å². The maximum absolute atomic E-state index is 13.1. The number of ether oxygens (including phenoxy) is 1. The highest BCUT2D eigenvalue weighted by molar-refractivity contribution is 7.92. The molecule has 2 aromatic rings. The van der Waals surface area contributed by atoms with Gasteiger partial charge < -0.3 is 10.1 Å². The molecule has 0 radical (unpaired) electrons. The number of sulfonamides is 1. The predicted molar refractivity (Wildman–Crippen MR) is 130 cm³/mol. The van der Waals surface area contributed by atoms with Crippen LogP contribution in [0, 0.1) is 11.3 Å². The number of allylic oxidation sites excluding steroid dienone is 2. The van der Waals surface area contributed by atoms with E-state index in [1.807, 2.05) is 12.1 Å². The number of anilines is 1. The Morgan fingerprint density at radius 2 is 2.03 bits per heavy atom. The van der Waals surface area contributed by atoms with Gasteiger partial charge in [0.2, 0.25) is 11.8 Å². The van der Waals surface area contributed by atoms with E-state index < -0.39 is 10.0 Å². The summed E-state index contributed by atoms with van der Waals surface area (Å²) in [5.41, 5.74) is 2.65. The lowest BCUT2D eigenvalue weighted by Crippen LogP contribution is -2.35. The predicted octanol–water partition coefficient (Wildman–Crippen LogP) is 4.77. The second kappa shape index (κ2) is 9.43. The van der Waals surface area contributed by atoms with Gasteiger partial charge in [0, 0.05) is 18.7 Å². The van der Waals surface area contributed by atoms with Crippen molar-refractivity contribution in [2.45, 2.75) is 70.9 Å². The van der Waals surface area contributed by atoms with Crippen molar-refractivity contribution in [2.24, 2.45) is 11.3 Å². The summed E-state index contributed by atoms with van der Waals surface area (Å²) in [7, 11) is -3.85. The van der Waals surface area contributed by atoms with Crippen LogP contribution in [0.15, 0.2) is 41.3 Å². The Bertz CT molecular complexity index is 1140. The Morgan fingerprint density at radius 1 is 1.21 bits per heavy atom. The summed E-state index contributed by atoms with van der Waals surface area (Å²) in [6.45, 7) is 9.74. The first-order valence-corrected chi connectivity index (χ1v) is 13.2. The van der Waals surface area contributed by atoms with Gasteiger partial charge in [0.05, 0.1) is 10.6 Å². The molecule has 0 unspecified atom stereocenters. The molecule has 1 aromatic heterocycles. The molecule has 0 saturated heterocycles. The summed E-state index contributed by atoms with van der Waals surface area (Å²) in [6, 6.07) is 8.90. The van der Waals surface area contributed by atoms with E-state index in [1.54, 1.807) is 18.2 Å².